The highest BCUT2D eigenvalue weighted by atomic mass is 127. The van der Waals surface area contributed by atoms with Crippen LogP contribution in [0.3, 0.4) is 0 Å². The minimum atomic E-state index is -0.894. The summed E-state index contributed by atoms with van der Waals surface area (Å²) in [5, 5.41) is 2.15. The smallest absolute Gasteiger partial charge is 0.335 e. The number of urea groups is 1. The molecule has 0 radical (unpaired) electrons. The molecular weight excluding hydrogens is 618 g/mol. The van der Waals surface area contributed by atoms with E-state index >= 15 is 0 Å². The summed E-state index contributed by atoms with van der Waals surface area (Å²) >= 11 is 5.62. The molecule has 0 saturated carbocycles. The Kier molecular flexibility index (Phi) is 7.13. The first-order chi connectivity index (χ1) is 16.2. The summed E-state index contributed by atoms with van der Waals surface area (Å²) < 4.78 is 20.7. The highest BCUT2D eigenvalue weighted by Crippen LogP contribution is 2.34. The van der Waals surface area contributed by atoms with E-state index in [0.717, 1.165) is 31.7 Å². The highest BCUT2D eigenvalue weighted by molar-refractivity contribution is 14.1. The number of hydrogen-bond donors (Lipinski definition) is 1. The molecule has 1 fully saturated rings. The van der Waals surface area contributed by atoms with E-state index < -0.39 is 23.7 Å². The number of aryl methyl sites for hydroxylation is 1. The molecule has 4 rings (SSSR count). The monoisotopic (exact) mass is 634 g/mol. The van der Waals surface area contributed by atoms with Crippen molar-refractivity contribution in [2.45, 2.75) is 13.5 Å². The van der Waals surface area contributed by atoms with E-state index in [9.17, 15) is 18.8 Å². The third kappa shape index (κ3) is 5.20. The van der Waals surface area contributed by atoms with Crippen molar-refractivity contribution in [3.05, 3.63) is 96.8 Å². The van der Waals surface area contributed by atoms with Gasteiger partial charge >= 0.3 is 6.03 Å². The van der Waals surface area contributed by atoms with Crippen LogP contribution in [0.25, 0.3) is 6.08 Å². The Morgan fingerprint density at radius 3 is 2.50 bits per heavy atom. The van der Waals surface area contributed by atoms with Gasteiger partial charge in [0, 0.05) is 0 Å². The highest BCUT2D eigenvalue weighted by Gasteiger charge is 2.36. The number of carbonyl (C=O) groups excluding carboxylic acids is 3. The van der Waals surface area contributed by atoms with Gasteiger partial charge in [-0.2, -0.15) is 0 Å². The Bertz CT molecular complexity index is 1320. The largest absolute Gasteiger partial charge is 0.487 e. The third-order valence-corrected chi connectivity index (χ3v) is 6.37. The van der Waals surface area contributed by atoms with Crippen LogP contribution in [0.5, 0.6) is 5.75 Å². The van der Waals surface area contributed by atoms with Crippen LogP contribution in [0.15, 0.2) is 70.7 Å². The van der Waals surface area contributed by atoms with Gasteiger partial charge in [0.15, 0.2) is 0 Å². The number of benzene rings is 3. The van der Waals surface area contributed by atoms with Crippen molar-refractivity contribution in [1.29, 1.82) is 0 Å². The molecule has 3 aromatic carbocycles. The number of nitrogens with one attached hydrogen (secondary N) is 1. The van der Waals surface area contributed by atoms with Crippen molar-refractivity contribution in [3.8, 4) is 5.75 Å². The zero-order chi connectivity index (χ0) is 24.4. The molecule has 0 unspecified atom stereocenters. The molecule has 0 atom stereocenters. The van der Waals surface area contributed by atoms with Gasteiger partial charge in [-0.05, 0) is 99.0 Å². The molecule has 9 heteroatoms. The van der Waals surface area contributed by atoms with Gasteiger partial charge < -0.3 is 4.74 Å². The molecule has 6 nitrogen and oxygen atoms in total. The van der Waals surface area contributed by atoms with Crippen molar-refractivity contribution in [3.63, 3.8) is 0 Å². The molecule has 1 N–H and O–H groups in total. The quantitative estimate of drug-likeness (QED) is 0.220. The van der Waals surface area contributed by atoms with Crippen molar-refractivity contribution in [2.24, 2.45) is 0 Å². The number of nitrogens with zero attached hydrogens (tertiary/aromatic N) is 1. The van der Waals surface area contributed by atoms with Crippen molar-refractivity contribution in [1.82, 2.24) is 5.32 Å². The summed E-state index contributed by atoms with van der Waals surface area (Å²) in [6.07, 6.45) is 1.40. The maximum absolute atomic E-state index is 13.3. The normalized spacial score (nSPS) is 15.0. The summed E-state index contributed by atoms with van der Waals surface area (Å²) in [6, 6.07) is 15.4. The molecule has 34 heavy (non-hydrogen) atoms. The number of anilines is 1. The lowest BCUT2D eigenvalue weighted by atomic mass is 10.1. The molecule has 1 aliphatic heterocycles. The fourth-order valence-electron chi connectivity index (χ4n) is 3.41. The van der Waals surface area contributed by atoms with E-state index in [1.807, 2.05) is 31.2 Å². The number of hydrogen-bond acceptors (Lipinski definition) is 4. The average molecular weight is 635 g/mol. The summed E-state index contributed by atoms with van der Waals surface area (Å²) in [5.74, 6) is -1.48. The van der Waals surface area contributed by atoms with Crippen molar-refractivity contribution >= 4 is 68.1 Å². The third-order valence-electron chi connectivity index (χ3n) is 4.98. The molecule has 1 heterocycles. The lowest BCUT2D eigenvalue weighted by Crippen LogP contribution is -2.54. The second-order valence-electron chi connectivity index (χ2n) is 7.53. The predicted molar refractivity (Wildman–Crippen MR) is 138 cm³/mol. The van der Waals surface area contributed by atoms with E-state index in [-0.39, 0.29) is 11.3 Å². The Labute approximate surface area is 217 Å². The Morgan fingerprint density at radius 1 is 1.09 bits per heavy atom. The van der Waals surface area contributed by atoms with E-state index in [1.54, 1.807) is 12.1 Å². The number of carbonyl (C=O) groups is 3. The summed E-state index contributed by atoms with van der Waals surface area (Å²) in [5.41, 5.74) is 2.66. The fraction of sp³-hybridized carbons (Fsp3) is 0.0800. The standard InChI is InChI=1S/C25H17BrFIN2O4/c1-14-3-2-4-15(9-14)13-34-22-20(26)11-16(12-21(22)28)10-19-23(31)29-25(33)30(24(19)32)18-7-5-17(27)6-8-18/h2-12H,13H2,1H3,(H,29,31,33)/b19-10+. The number of imide groups is 2. The van der Waals surface area contributed by atoms with Crippen LogP contribution in [0.2, 0.25) is 0 Å². The lowest BCUT2D eigenvalue weighted by molar-refractivity contribution is -0.122. The van der Waals surface area contributed by atoms with Gasteiger partial charge in [-0.3, -0.25) is 14.9 Å². The summed E-state index contributed by atoms with van der Waals surface area (Å²) in [7, 11) is 0. The van der Waals surface area contributed by atoms with Crippen LogP contribution >= 0.6 is 38.5 Å². The van der Waals surface area contributed by atoms with Gasteiger partial charge in [0.1, 0.15) is 23.7 Å². The molecule has 3 aromatic rings. The van der Waals surface area contributed by atoms with E-state index in [4.69, 9.17) is 4.74 Å². The van der Waals surface area contributed by atoms with Crippen LogP contribution in [-0.4, -0.2) is 17.8 Å². The average Bonchev–Trinajstić information content (AvgIpc) is 2.77. The lowest BCUT2D eigenvalue weighted by Gasteiger charge is -2.26. The number of amides is 4. The zero-order valence-electron chi connectivity index (χ0n) is 17.8. The number of halogens is 3. The van der Waals surface area contributed by atoms with Gasteiger partial charge in [-0.25, -0.2) is 14.1 Å². The Morgan fingerprint density at radius 2 is 1.82 bits per heavy atom. The first-order valence-corrected chi connectivity index (χ1v) is 11.9. The summed E-state index contributed by atoms with van der Waals surface area (Å²) in [6.45, 7) is 2.39. The van der Waals surface area contributed by atoms with Crippen molar-refractivity contribution < 1.29 is 23.5 Å². The summed E-state index contributed by atoms with van der Waals surface area (Å²) in [4.78, 5) is 38.5. The minimum Gasteiger partial charge on any atom is -0.487 e. The Hall–Kier alpha value is -3.05. The second-order valence-corrected chi connectivity index (χ2v) is 9.54. The van der Waals surface area contributed by atoms with Crippen molar-refractivity contribution in [2.75, 3.05) is 4.90 Å². The molecule has 1 aliphatic rings. The predicted octanol–water partition coefficient (Wildman–Crippen LogP) is 5.75. The molecule has 1 saturated heterocycles. The molecule has 0 bridgehead atoms. The van der Waals surface area contributed by atoms with E-state index in [0.29, 0.717) is 22.4 Å². The minimum absolute atomic E-state index is 0.151. The van der Waals surface area contributed by atoms with Gasteiger partial charge in [0.05, 0.1) is 13.7 Å². The molecular formula is C25H17BrFIN2O4. The molecule has 0 spiro atoms. The fourth-order valence-corrected chi connectivity index (χ4v) is 5.18. The zero-order valence-corrected chi connectivity index (χ0v) is 21.5. The van der Waals surface area contributed by atoms with Crippen LogP contribution in [0, 0.1) is 16.3 Å². The number of ether oxygens (including phenoxy) is 1. The second kappa shape index (κ2) is 10.1. The van der Waals surface area contributed by atoms with Gasteiger partial charge in [-0.15, -0.1) is 0 Å². The van der Waals surface area contributed by atoms with Crippen LogP contribution in [0.1, 0.15) is 16.7 Å². The Balaban J connectivity index is 1.60. The topological polar surface area (TPSA) is 75.7 Å². The van der Waals surface area contributed by atoms with Gasteiger partial charge in [-0.1, -0.05) is 29.8 Å². The molecule has 172 valence electrons. The van der Waals surface area contributed by atoms with Crippen LogP contribution in [0.4, 0.5) is 14.9 Å². The number of rotatable bonds is 5. The first kappa shape index (κ1) is 24.1. The van der Waals surface area contributed by atoms with Crippen LogP contribution in [-0.2, 0) is 16.2 Å². The van der Waals surface area contributed by atoms with Crippen LogP contribution < -0.4 is 15.0 Å². The molecule has 0 aliphatic carbocycles. The molecule has 4 amide bonds. The number of barbiturate groups is 1. The first-order valence-electron chi connectivity index (χ1n) is 10.1. The SMILES string of the molecule is Cc1cccc(COc2c(Br)cc(/C=C3\C(=O)NC(=O)N(c4ccc(F)cc4)C3=O)cc2I)c1. The maximum Gasteiger partial charge on any atom is 0.335 e. The van der Waals surface area contributed by atoms with Gasteiger partial charge in [0.25, 0.3) is 11.8 Å². The maximum atomic E-state index is 13.3. The molecule has 0 aromatic heterocycles. The van der Waals surface area contributed by atoms with E-state index in [2.05, 4.69) is 43.8 Å². The van der Waals surface area contributed by atoms with Gasteiger partial charge in [0.2, 0.25) is 0 Å². The van der Waals surface area contributed by atoms with E-state index in [1.165, 1.54) is 18.2 Å².